The molecule has 1 aromatic carbocycles. The molecule has 0 fully saturated rings. The van der Waals surface area contributed by atoms with Crippen molar-refractivity contribution in [3.8, 4) is 0 Å². The third-order valence-electron chi connectivity index (χ3n) is 5.54. The van der Waals surface area contributed by atoms with Crippen LogP contribution in [0.25, 0.3) is 10.9 Å². The first-order valence-corrected chi connectivity index (χ1v) is 11.4. The van der Waals surface area contributed by atoms with Gasteiger partial charge in [-0.3, -0.25) is 24.0 Å². The Morgan fingerprint density at radius 2 is 1.57 bits per heavy atom. The van der Waals surface area contributed by atoms with Gasteiger partial charge < -0.3 is 43.2 Å². The van der Waals surface area contributed by atoms with Crippen molar-refractivity contribution in [3.05, 3.63) is 36.0 Å². The molecule has 2 aromatic rings. The largest absolute Gasteiger partial charge is 0.480 e. The van der Waals surface area contributed by atoms with Crippen LogP contribution in [0.3, 0.4) is 0 Å². The zero-order valence-corrected chi connectivity index (χ0v) is 20.2. The summed E-state index contributed by atoms with van der Waals surface area (Å²) in [6.45, 7) is 1.32. The van der Waals surface area contributed by atoms with Gasteiger partial charge in [0.15, 0.2) is 0 Å². The monoisotopic (exact) mass is 517 g/mol. The Kier molecular flexibility index (Phi) is 10.1. The number of benzene rings is 1. The number of hydrogen-bond acceptors (Lipinski definition) is 7. The summed E-state index contributed by atoms with van der Waals surface area (Å²) >= 11 is 0. The van der Waals surface area contributed by atoms with Gasteiger partial charge in [0.25, 0.3) is 0 Å². The first-order chi connectivity index (χ1) is 17.4. The van der Waals surface area contributed by atoms with E-state index in [0.717, 1.165) is 10.9 Å². The van der Waals surface area contributed by atoms with Crippen molar-refractivity contribution >= 4 is 46.4 Å². The Bertz CT molecular complexity index is 1180. The third-order valence-corrected chi connectivity index (χ3v) is 5.54. The molecule has 200 valence electrons. The van der Waals surface area contributed by atoms with E-state index in [-0.39, 0.29) is 19.3 Å². The summed E-state index contributed by atoms with van der Waals surface area (Å²) in [6.07, 6.45) is 0.757. The Labute approximate surface area is 211 Å². The number of carbonyl (C=O) groups is 6. The number of amides is 5. The maximum Gasteiger partial charge on any atom is 0.326 e. The minimum Gasteiger partial charge on any atom is -0.480 e. The molecule has 0 aliphatic heterocycles. The van der Waals surface area contributed by atoms with Crippen LogP contribution in [0.5, 0.6) is 0 Å². The number of para-hydroxylation sites is 1. The lowest BCUT2D eigenvalue weighted by atomic mass is 10.0. The van der Waals surface area contributed by atoms with Gasteiger partial charge in [0.2, 0.25) is 29.5 Å². The Balaban J connectivity index is 2.17. The van der Waals surface area contributed by atoms with E-state index in [1.165, 1.54) is 6.92 Å². The fourth-order valence-corrected chi connectivity index (χ4v) is 3.54. The molecule has 0 bridgehead atoms. The molecule has 0 spiro atoms. The van der Waals surface area contributed by atoms with Crippen LogP contribution < -0.4 is 33.2 Å². The van der Waals surface area contributed by atoms with E-state index in [2.05, 4.69) is 20.9 Å². The van der Waals surface area contributed by atoms with Crippen molar-refractivity contribution in [3.63, 3.8) is 0 Å². The molecule has 14 nitrogen and oxygen atoms in total. The van der Waals surface area contributed by atoms with Crippen molar-refractivity contribution in [1.29, 1.82) is 0 Å². The number of aliphatic carboxylic acids is 1. The van der Waals surface area contributed by atoms with Crippen LogP contribution in [0.4, 0.5) is 0 Å². The predicted molar refractivity (Wildman–Crippen MR) is 131 cm³/mol. The topological polar surface area (TPSA) is 253 Å². The quantitative estimate of drug-likeness (QED) is 0.135. The predicted octanol–water partition coefficient (Wildman–Crippen LogP) is -2.26. The number of nitrogens with two attached hydrogens (primary N) is 3. The number of carboxylic acids is 1. The summed E-state index contributed by atoms with van der Waals surface area (Å²) in [6, 6.07) is 2.19. The standard InChI is InChI=1S/C23H31N7O7/c1-11(20(33)29-16(23(36)37)6-7-18(25)31)28-22(35)17(30-21(34)14(24)9-19(26)32)8-12-10-27-15-5-3-2-4-13(12)15/h2-5,10-11,14,16-17,27H,6-9,24H2,1H3,(H2,25,31)(H2,26,32)(H,28,35)(H,29,33)(H,30,34)(H,36,37). The number of H-pyrrole nitrogens is 1. The molecule has 0 saturated carbocycles. The first kappa shape index (κ1) is 28.8. The van der Waals surface area contributed by atoms with E-state index in [0.29, 0.717) is 5.56 Å². The van der Waals surface area contributed by atoms with Gasteiger partial charge in [0.1, 0.15) is 18.1 Å². The maximum atomic E-state index is 13.1. The minimum atomic E-state index is -1.40. The van der Waals surface area contributed by atoms with E-state index in [1.54, 1.807) is 12.3 Å². The molecular weight excluding hydrogens is 486 g/mol. The smallest absolute Gasteiger partial charge is 0.326 e. The summed E-state index contributed by atoms with van der Waals surface area (Å²) in [5, 5.41) is 17.3. The maximum absolute atomic E-state index is 13.1. The van der Waals surface area contributed by atoms with Gasteiger partial charge >= 0.3 is 5.97 Å². The highest BCUT2D eigenvalue weighted by molar-refractivity contribution is 5.95. The van der Waals surface area contributed by atoms with Crippen molar-refractivity contribution in [2.45, 2.75) is 56.8 Å². The van der Waals surface area contributed by atoms with Gasteiger partial charge in [-0.1, -0.05) is 18.2 Å². The summed E-state index contributed by atoms with van der Waals surface area (Å²) in [7, 11) is 0. The number of aromatic nitrogens is 1. The fraction of sp³-hybridized carbons (Fsp3) is 0.391. The average molecular weight is 518 g/mol. The average Bonchev–Trinajstić information content (AvgIpc) is 3.23. The van der Waals surface area contributed by atoms with E-state index in [1.807, 2.05) is 18.2 Å². The number of primary amides is 2. The van der Waals surface area contributed by atoms with Crippen LogP contribution in [0, 0.1) is 0 Å². The molecule has 0 aliphatic rings. The first-order valence-electron chi connectivity index (χ1n) is 11.4. The van der Waals surface area contributed by atoms with Gasteiger partial charge in [0, 0.05) is 29.9 Å². The summed E-state index contributed by atoms with van der Waals surface area (Å²) < 4.78 is 0. The molecule has 14 heteroatoms. The lowest BCUT2D eigenvalue weighted by molar-refractivity contribution is -0.142. The molecule has 1 heterocycles. The van der Waals surface area contributed by atoms with Crippen LogP contribution in [0.1, 0.15) is 31.7 Å². The van der Waals surface area contributed by atoms with Gasteiger partial charge in [0.05, 0.1) is 12.5 Å². The number of aromatic amines is 1. The zero-order valence-electron chi connectivity index (χ0n) is 20.2. The Morgan fingerprint density at radius 3 is 2.19 bits per heavy atom. The highest BCUT2D eigenvalue weighted by atomic mass is 16.4. The SMILES string of the molecule is CC(NC(=O)C(Cc1c[nH]c2ccccc12)NC(=O)C(N)CC(N)=O)C(=O)NC(CCC(N)=O)C(=O)O. The van der Waals surface area contributed by atoms with Crippen LogP contribution in [0.2, 0.25) is 0 Å². The number of rotatable bonds is 14. The summed E-state index contributed by atoms with van der Waals surface area (Å²) in [5.41, 5.74) is 17.3. The van der Waals surface area contributed by atoms with Crippen LogP contribution in [-0.4, -0.2) is 69.8 Å². The molecule has 0 radical (unpaired) electrons. The Hall–Kier alpha value is -4.46. The number of carbonyl (C=O) groups excluding carboxylic acids is 5. The van der Waals surface area contributed by atoms with Gasteiger partial charge in [-0.25, -0.2) is 4.79 Å². The molecule has 0 saturated heterocycles. The summed E-state index contributed by atoms with van der Waals surface area (Å²) in [5.74, 6) is -5.28. The molecule has 11 N–H and O–H groups in total. The fourth-order valence-electron chi connectivity index (χ4n) is 3.54. The number of carboxylic acid groups (broad SMARTS) is 1. The van der Waals surface area contributed by atoms with E-state index in [9.17, 15) is 33.9 Å². The lowest BCUT2D eigenvalue weighted by Gasteiger charge is -2.23. The van der Waals surface area contributed by atoms with E-state index in [4.69, 9.17) is 17.2 Å². The van der Waals surface area contributed by atoms with Crippen molar-refractivity contribution in [2.75, 3.05) is 0 Å². The second-order valence-corrected chi connectivity index (χ2v) is 8.54. The van der Waals surface area contributed by atoms with Gasteiger partial charge in [-0.2, -0.15) is 0 Å². The van der Waals surface area contributed by atoms with Crippen molar-refractivity contribution < 1.29 is 33.9 Å². The highest BCUT2D eigenvalue weighted by Crippen LogP contribution is 2.19. The second-order valence-electron chi connectivity index (χ2n) is 8.54. The minimum absolute atomic E-state index is 0.00950. The molecule has 37 heavy (non-hydrogen) atoms. The third kappa shape index (κ3) is 8.61. The molecule has 2 rings (SSSR count). The van der Waals surface area contributed by atoms with E-state index < -0.39 is 66.1 Å². The van der Waals surface area contributed by atoms with Crippen molar-refractivity contribution in [2.24, 2.45) is 17.2 Å². The normalized spacial score (nSPS) is 14.1. The van der Waals surface area contributed by atoms with Crippen molar-refractivity contribution in [1.82, 2.24) is 20.9 Å². The van der Waals surface area contributed by atoms with E-state index >= 15 is 0 Å². The van der Waals surface area contributed by atoms with Crippen LogP contribution >= 0.6 is 0 Å². The lowest BCUT2D eigenvalue weighted by Crippen LogP contribution is -2.57. The highest BCUT2D eigenvalue weighted by Gasteiger charge is 2.29. The van der Waals surface area contributed by atoms with Crippen LogP contribution in [-0.2, 0) is 35.2 Å². The molecular formula is C23H31N7O7. The molecule has 4 unspecified atom stereocenters. The number of nitrogens with one attached hydrogen (secondary N) is 4. The molecule has 0 aliphatic carbocycles. The zero-order chi connectivity index (χ0) is 27.7. The number of fused-ring (bicyclic) bond motifs is 1. The molecule has 4 atom stereocenters. The van der Waals surface area contributed by atoms with Gasteiger partial charge in [-0.05, 0) is 25.0 Å². The van der Waals surface area contributed by atoms with Crippen LogP contribution in [0.15, 0.2) is 30.5 Å². The summed E-state index contributed by atoms with van der Waals surface area (Å²) in [4.78, 5) is 74.7. The number of hydrogen-bond donors (Lipinski definition) is 8. The Morgan fingerprint density at radius 1 is 0.919 bits per heavy atom. The second kappa shape index (κ2) is 13.0. The van der Waals surface area contributed by atoms with Gasteiger partial charge in [-0.15, -0.1) is 0 Å². The molecule has 5 amide bonds. The molecule has 1 aromatic heterocycles.